The van der Waals surface area contributed by atoms with E-state index >= 15 is 0 Å². The molecule has 6 aromatic carbocycles. The van der Waals surface area contributed by atoms with Gasteiger partial charge in [-0.3, -0.25) is 9.59 Å². The lowest BCUT2D eigenvalue weighted by Gasteiger charge is -2.50. The maximum Gasteiger partial charge on any atom is 0.271 e. The molecule has 0 radical (unpaired) electrons. The molecule has 0 fully saturated rings. The van der Waals surface area contributed by atoms with E-state index in [0.29, 0.717) is 0 Å². The highest BCUT2D eigenvalue weighted by atomic mass is 16.2. The lowest BCUT2D eigenvalue weighted by molar-refractivity contribution is 0.0912. The largest absolute Gasteiger partial charge is 0.333 e. The van der Waals surface area contributed by atoms with Crippen LogP contribution < -0.4 is 10.6 Å². The van der Waals surface area contributed by atoms with Crippen LogP contribution in [-0.2, 0) is 11.1 Å². The first-order valence-corrected chi connectivity index (χ1v) is 19.2. The molecule has 2 amide bonds. The third kappa shape index (κ3) is 5.07. The Morgan fingerprint density at radius 3 is 0.897 bits per heavy atom. The smallest absolute Gasteiger partial charge is 0.271 e. The second kappa shape index (κ2) is 14.2. The molecule has 7 aromatic rings. The highest BCUT2D eigenvalue weighted by Crippen LogP contribution is 2.59. The van der Waals surface area contributed by atoms with Gasteiger partial charge in [0, 0.05) is 25.7 Å². The number of aromatic nitrogens is 1. The van der Waals surface area contributed by atoms with Crippen molar-refractivity contribution in [2.24, 2.45) is 0 Å². The summed E-state index contributed by atoms with van der Waals surface area (Å²) in [4.78, 5) is 34.0. The van der Waals surface area contributed by atoms with Gasteiger partial charge in [-0.1, -0.05) is 152 Å². The Kier molecular flexibility index (Phi) is 8.80. The Bertz CT molecular complexity index is 2460. The second-order valence-corrected chi connectivity index (χ2v) is 14.7. The molecule has 1 aromatic heterocycles. The van der Waals surface area contributed by atoms with Gasteiger partial charge in [-0.15, -0.1) is 0 Å². The Balaban J connectivity index is 0.000000687. The molecule has 0 saturated carbocycles. The molecule has 6 aliphatic rings. The van der Waals surface area contributed by atoms with Gasteiger partial charge in [0.15, 0.2) is 0 Å². The van der Waals surface area contributed by atoms with Crippen LogP contribution in [0.5, 0.6) is 0 Å². The number of pyridine rings is 1. The molecule has 58 heavy (non-hydrogen) atoms. The van der Waals surface area contributed by atoms with Crippen molar-refractivity contribution >= 4 is 11.8 Å². The molecule has 0 saturated heterocycles. The number of benzene rings is 6. The molecule has 0 aliphatic heterocycles. The number of nitrogens with zero attached hydrogens (tertiary/aromatic N) is 3. The van der Waals surface area contributed by atoms with Crippen molar-refractivity contribution in [1.82, 2.24) is 15.6 Å². The fourth-order valence-electron chi connectivity index (χ4n) is 9.98. The zero-order chi connectivity index (χ0) is 40.0. The molecule has 7 nitrogen and oxygen atoms in total. The minimum absolute atomic E-state index is 0.0853. The van der Waals surface area contributed by atoms with Crippen LogP contribution in [0.1, 0.15) is 113 Å². The van der Waals surface area contributed by atoms with E-state index in [1.807, 2.05) is 36.4 Å². The number of rotatable bonds is 4. The molecule has 4 bridgehead atoms. The van der Waals surface area contributed by atoms with E-state index in [1.165, 1.54) is 47.2 Å². The monoisotopic (exact) mass is 751 g/mol. The van der Waals surface area contributed by atoms with Crippen LogP contribution in [-0.4, -0.2) is 16.8 Å². The number of nitrogens with one attached hydrogen (secondary N) is 2. The Labute approximate surface area is 337 Å². The highest BCUT2D eigenvalue weighted by molar-refractivity contribution is 5.98. The lowest BCUT2D eigenvalue weighted by atomic mass is 9.57. The van der Waals surface area contributed by atoms with E-state index in [0.717, 1.165) is 33.4 Å². The second-order valence-electron chi connectivity index (χ2n) is 14.7. The third-order valence-electron chi connectivity index (χ3n) is 11.9. The maximum atomic E-state index is 14.6. The summed E-state index contributed by atoms with van der Waals surface area (Å²) >= 11 is 0. The molecule has 13 rings (SSSR count). The van der Waals surface area contributed by atoms with Crippen LogP contribution in [0.2, 0.25) is 0 Å². The average Bonchev–Trinajstić information content (AvgIpc) is 3.27. The summed E-state index contributed by atoms with van der Waals surface area (Å²) in [6.07, 6.45) is 0. The molecular weight excluding hydrogens is 715 g/mol. The van der Waals surface area contributed by atoms with Crippen molar-refractivity contribution in [3.63, 3.8) is 0 Å². The molecule has 0 atom stereocenters. The average molecular weight is 752 g/mol. The van der Waals surface area contributed by atoms with Gasteiger partial charge in [0.25, 0.3) is 11.8 Å². The first kappa shape index (κ1) is 36.1. The first-order chi connectivity index (χ1) is 28.4. The standard InChI is InChI=1S/C47H31N3O2.2C2H3N/c51-44(49-46-34-20-7-1-14-28(34)42(29-15-2-8-21-35(29)46)30-16-3-9-22-36(30)46)40-26-13-27-41(48-40)45(52)50-47-37-23-10-4-17-31(37)43(32-18-5-11-24-38(32)47)33-19-6-12-25-39(33)47;2*1-2-3/h1-27,42-43H,(H,49,51)(H,50,52);2*1H3. The quantitative estimate of drug-likeness (QED) is 0.186. The van der Waals surface area contributed by atoms with Crippen molar-refractivity contribution in [3.05, 3.63) is 242 Å². The Hall–Kier alpha value is -7.61. The number of carbonyl (C=O) groups excluding carboxylic acids is 2. The fraction of sp³-hybridized carbons (Fsp3) is 0.118. The van der Waals surface area contributed by atoms with Crippen LogP contribution in [0.15, 0.2) is 164 Å². The van der Waals surface area contributed by atoms with Crippen LogP contribution >= 0.6 is 0 Å². The summed E-state index contributed by atoms with van der Waals surface area (Å²) in [6.45, 7) is 2.86. The van der Waals surface area contributed by atoms with E-state index in [-0.39, 0.29) is 35.0 Å². The summed E-state index contributed by atoms with van der Waals surface area (Å²) in [6, 6.07) is 59.0. The van der Waals surface area contributed by atoms with Crippen molar-refractivity contribution in [3.8, 4) is 12.1 Å². The summed E-state index contributed by atoms with van der Waals surface area (Å²) in [5, 5.41) is 21.6. The van der Waals surface area contributed by atoms with Crippen LogP contribution in [0, 0.1) is 22.7 Å². The SMILES string of the molecule is CC#N.CC#N.O=C(NC12c3ccccc3C(c3ccccc31)c1ccccc12)c1cccc(C(=O)NC23c4ccccc4C(c4ccccc42)c2ccccc23)n1. The molecule has 7 heteroatoms. The van der Waals surface area contributed by atoms with Gasteiger partial charge in [0.05, 0.1) is 12.1 Å². The zero-order valence-corrected chi connectivity index (χ0v) is 31.9. The van der Waals surface area contributed by atoms with Gasteiger partial charge in [0.2, 0.25) is 0 Å². The molecular formula is C51H37N5O2. The third-order valence-corrected chi connectivity index (χ3v) is 11.9. The predicted octanol–water partition coefficient (Wildman–Crippen LogP) is 9.20. The molecule has 278 valence electrons. The number of carbonyl (C=O) groups is 2. The van der Waals surface area contributed by atoms with Crippen LogP contribution in [0.3, 0.4) is 0 Å². The van der Waals surface area contributed by atoms with Crippen molar-refractivity contribution < 1.29 is 9.59 Å². The van der Waals surface area contributed by atoms with E-state index in [1.54, 1.807) is 30.3 Å². The van der Waals surface area contributed by atoms with Crippen molar-refractivity contribution in [2.75, 3.05) is 0 Å². The van der Waals surface area contributed by atoms with Gasteiger partial charge in [-0.05, 0) is 78.9 Å². The van der Waals surface area contributed by atoms with Crippen molar-refractivity contribution in [2.45, 2.75) is 36.8 Å². The van der Waals surface area contributed by atoms with E-state index < -0.39 is 11.1 Å². The van der Waals surface area contributed by atoms with Gasteiger partial charge < -0.3 is 10.6 Å². The summed E-state index contributed by atoms with van der Waals surface area (Å²) < 4.78 is 0. The Morgan fingerprint density at radius 1 is 0.431 bits per heavy atom. The minimum atomic E-state index is -0.924. The topological polar surface area (TPSA) is 119 Å². The highest BCUT2D eigenvalue weighted by Gasteiger charge is 2.54. The summed E-state index contributed by atoms with van der Waals surface area (Å²) in [5.74, 6) is -0.539. The summed E-state index contributed by atoms with van der Waals surface area (Å²) in [5.41, 5.74) is 12.0. The van der Waals surface area contributed by atoms with Gasteiger partial charge in [-0.25, -0.2) is 4.98 Å². The number of amides is 2. The van der Waals surface area contributed by atoms with E-state index in [2.05, 4.69) is 120 Å². The molecule has 2 N–H and O–H groups in total. The lowest BCUT2D eigenvalue weighted by Crippen LogP contribution is -2.54. The van der Waals surface area contributed by atoms with Crippen LogP contribution in [0.4, 0.5) is 0 Å². The molecule has 0 unspecified atom stereocenters. The van der Waals surface area contributed by atoms with Gasteiger partial charge in [-0.2, -0.15) is 10.5 Å². The Morgan fingerprint density at radius 2 is 0.655 bits per heavy atom. The molecule has 1 heterocycles. The number of nitriles is 2. The first-order valence-electron chi connectivity index (χ1n) is 19.2. The zero-order valence-electron chi connectivity index (χ0n) is 31.9. The van der Waals surface area contributed by atoms with Gasteiger partial charge in [0.1, 0.15) is 22.5 Å². The van der Waals surface area contributed by atoms with Crippen molar-refractivity contribution in [1.29, 1.82) is 10.5 Å². The minimum Gasteiger partial charge on any atom is -0.333 e. The fourth-order valence-corrected chi connectivity index (χ4v) is 9.98. The molecule has 6 aliphatic carbocycles. The molecule has 0 spiro atoms. The number of hydrogen-bond donors (Lipinski definition) is 2. The normalized spacial score (nSPS) is 19.8. The van der Waals surface area contributed by atoms with Crippen LogP contribution in [0.25, 0.3) is 0 Å². The van der Waals surface area contributed by atoms with E-state index in [4.69, 9.17) is 15.5 Å². The summed E-state index contributed by atoms with van der Waals surface area (Å²) in [7, 11) is 0. The number of hydrogen-bond acceptors (Lipinski definition) is 5. The predicted molar refractivity (Wildman–Crippen MR) is 222 cm³/mol. The van der Waals surface area contributed by atoms with E-state index in [9.17, 15) is 9.59 Å². The maximum absolute atomic E-state index is 14.6. The van der Waals surface area contributed by atoms with Gasteiger partial charge >= 0.3 is 0 Å².